The van der Waals surface area contributed by atoms with E-state index in [4.69, 9.17) is 4.74 Å². The summed E-state index contributed by atoms with van der Waals surface area (Å²) in [6, 6.07) is 17.4. The zero-order valence-corrected chi connectivity index (χ0v) is 15.4. The van der Waals surface area contributed by atoms with Crippen LogP contribution in [0.5, 0.6) is 5.75 Å². The van der Waals surface area contributed by atoms with Crippen molar-refractivity contribution in [3.05, 3.63) is 71.3 Å². The smallest absolute Gasteiger partial charge is 0.241 e. The van der Waals surface area contributed by atoms with Crippen LogP contribution in [0.3, 0.4) is 0 Å². The van der Waals surface area contributed by atoms with Crippen LogP contribution in [0, 0.1) is 13.8 Å². The van der Waals surface area contributed by atoms with Crippen LogP contribution in [0.15, 0.2) is 59.5 Å². The average molecular weight is 355 g/mol. The molecule has 0 unspecified atom stereocenters. The number of nitrogens with one attached hydrogen (secondary N) is 1. The topological polar surface area (TPSA) is 55.4 Å². The van der Waals surface area contributed by atoms with Gasteiger partial charge in [-0.2, -0.15) is 0 Å². The van der Waals surface area contributed by atoms with Gasteiger partial charge in [0, 0.05) is 6.54 Å². The molecular weight excluding hydrogens is 334 g/mol. The first-order valence-corrected chi connectivity index (χ1v) is 9.51. The minimum Gasteiger partial charge on any atom is -0.496 e. The zero-order valence-electron chi connectivity index (χ0n) is 14.5. The van der Waals surface area contributed by atoms with E-state index in [-0.39, 0.29) is 11.4 Å². The molecule has 3 aromatic carbocycles. The van der Waals surface area contributed by atoms with E-state index in [2.05, 4.69) is 4.72 Å². The van der Waals surface area contributed by atoms with E-state index < -0.39 is 10.0 Å². The van der Waals surface area contributed by atoms with Crippen LogP contribution in [0.1, 0.15) is 16.7 Å². The highest BCUT2D eigenvalue weighted by molar-refractivity contribution is 7.89. The maximum atomic E-state index is 12.7. The summed E-state index contributed by atoms with van der Waals surface area (Å²) in [5.41, 5.74) is 2.37. The maximum Gasteiger partial charge on any atom is 0.241 e. The Bertz CT molecular complexity index is 1030. The number of hydrogen-bond acceptors (Lipinski definition) is 3. The number of rotatable bonds is 5. The maximum absolute atomic E-state index is 12.7. The summed E-state index contributed by atoms with van der Waals surface area (Å²) in [5.74, 6) is 0.686. The molecule has 0 aliphatic heterocycles. The van der Waals surface area contributed by atoms with Crippen LogP contribution in [0.25, 0.3) is 10.8 Å². The van der Waals surface area contributed by atoms with Gasteiger partial charge in [-0.1, -0.05) is 36.4 Å². The average Bonchev–Trinajstić information content (AvgIpc) is 2.61. The molecule has 0 radical (unpaired) electrons. The van der Waals surface area contributed by atoms with Gasteiger partial charge in [-0.25, -0.2) is 13.1 Å². The highest BCUT2D eigenvalue weighted by atomic mass is 32.2. The van der Waals surface area contributed by atoms with Crippen molar-refractivity contribution in [2.24, 2.45) is 0 Å². The lowest BCUT2D eigenvalue weighted by atomic mass is 10.1. The van der Waals surface area contributed by atoms with E-state index in [0.29, 0.717) is 11.3 Å². The molecule has 0 saturated heterocycles. The summed E-state index contributed by atoms with van der Waals surface area (Å²) in [6.07, 6.45) is 0. The lowest BCUT2D eigenvalue weighted by molar-refractivity contribution is 0.411. The van der Waals surface area contributed by atoms with Gasteiger partial charge in [0.2, 0.25) is 10.0 Å². The Kier molecular flexibility index (Phi) is 4.79. The van der Waals surface area contributed by atoms with Gasteiger partial charge in [0.05, 0.1) is 12.0 Å². The summed E-state index contributed by atoms with van der Waals surface area (Å²) < 4.78 is 33.3. The molecule has 0 aliphatic rings. The number of hydrogen-bond donors (Lipinski definition) is 1. The fourth-order valence-corrected chi connectivity index (χ4v) is 4.20. The quantitative estimate of drug-likeness (QED) is 0.754. The van der Waals surface area contributed by atoms with E-state index in [1.807, 2.05) is 49.4 Å². The van der Waals surface area contributed by atoms with Gasteiger partial charge in [0.1, 0.15) is 5.75 Å². The van der Waals surface area contributed by atoms with E-state index in [1.54, 1.807) is 26.2 Å². The highest BCUT2D eigenvalue weighted by Crippen LogP contribution is 2.25. The molecule has 0 bridgehead atoms. The van der Waals surface area contributed by atoms with Gasteiger partial charge >= 0.3 is 0 Å². The van der Waals surface area contributed by atoms with E-state index in [9.17, 15) is 8.42 Å². The Morgan fingerprint density at radius 1 is 0.920 bits per heavy atom. The molecule has 130 valence electrons. The van der Waals surface area contributed by atoms with Crippen molar-refractivity contribution >= 4 is 20.8 Å². The first kappa shape index (κ1) is 17.5. The molecule has 0 amide bonds. The molecule has 1 N–H and O–H groups in total. The van der Waals surface area contributed by atoms with Gasteiger partial charge in [0.25, 0.3) is 0 Å². The lowest BCUT2D eigenvalue weighted by Gasteiger charge is -2.13. The molecule has 0 aromatic heterocycles. The fraction of sp³-hybridized carbons (Fsp3) is 0.200. The highest BCUT2D eigenvalue weighted by Gasteiger charge is 2.18. The van der Waals surface area contributed by atoms with Crippen molar-refractivity contribution in [2.45, 2.75) is 25.3 Å². The summed E-state index contributed by atoms with van der Waals surface area (Å²) >= 11 is 0. The monoisotopic (exact) mass is 355 g/mol. The SMILES string of the molecule is COc1cc(C)c(S(=O)(=O)NCc2ccc3ccccc3c2)cc1C. The van der Waals surface area contributed by atoms with Crippen LogP contribution in [0.4, 0.5) is 0 Å². The molecule has 0 atom stereocenters. The number of methoxy groups -OCH3 is 1. The number of benzene rings is 3. The van der Waals surface area contributed by atoms with Crippen LogP contribution < -0.4 is 9.46 Å². The molecular formula is C20H21NO3S. The molecule has 3 rings (SSSR count). The summed E-state index contributed by atoms with van der Waals surface area (Å²) in [5, 5.41) is 2.23. The third-order valence-electron chi connectivity index (χ3n) is 4.26. The van der Waals surface area contributed by atoms with Gasteiger partial charge in [-0.3, -0.25) is 0 Å². The Morgan fingerprint density at radius 3 is 2.36 bits per heavy atom. The van der Waals surface area contributed by atoms with Crippen molar-refractivity contribution in [3.63, 3.8) is 0 Å². The second-order valence-electron chi connectivity index (χ2n) is 6.09. The molecule has 0 spiro atoms. The van der Waals surface area contributed by atoms with Crippen LogP contribution >= 0.6 is 0 Å². The fourth-order valence-electron chi connectivity index (χ4n) is 2.88. The predicted molar refractivity (Wildman–Crippen MR) is 100 cm³/mol. The number of aryl methyl sites for hydroxylation is 2. The summed E-state index contributed by atoms with van der Waals surface area (Å²) in [7, 11) is -2.02. The standard InChI is InChI=1S/C20H21NO3S/c1-14-11-20(15(2)10-19(14)24-3)25(22,23)21-13-16-8-9-17-6-4-5-7-18(17)12-16/h4-12,21H,13H2,1-3H3. The minimum absolute atomic E-state index is 0.248. The molecule has 3 aromatic rings. The van der Waals surface area contributed by atoms with Crippen molar-refractivity contribution in [3.8, 4) is 5.75 Å². The third-order valence-corrected chi connectivity index (χ3v) is 5.81. The van der Waals surface area contributed by atoms with Crippen molar-refractivity contribution in [1.29, 1.82) is 0 Å². The summed E-state index contributed by atoms with van der Waals surface area (Å²) in [4.78, 5) is 0.284. The van der Waals surface area contributed by atoms with Crippen molar-refractivity contribution < 1.29 is 13.2 Å². The van der Waals surface area contributed by atoms with Crippen molar-refractivity contribution in [2.75, 3.05) is 7.11 Å². The van der Waals surface area contributed by atoms with Crippen LogP contribution in [-0.4, -0.2) is 15.5 Å². The second kappa shape index (κ2) is 6.86. The van der Waals surface area contributed by atoms with Gasteiger partial charge in [-0.15, -0.1) is 0 Å². The Morgan fingerprint density at radius 2 is 1.64 bits per heavy atom. The second-order valence-corrected chi connectivity index (χ2v) is 7.83. The molecule has 0 fully saturated rings. The van der Waals surface area contributed by atoms with E-state index in [1.165, 1.54) is 0 Å². The normalized spacial score (nSPS) is 11.6. The number of ether oxygens (including phenoxy) is 1. The molecule has 25 heavy (non-hydrogen) atoms. The number of sulfonamides is 1. The zero-order chi connectivity index (χ0) is 18.0. The Hall–Kier alpha value is -2.37. The van der Waals surface area contributed by atoms with E-state index in [0.717, 1.165) is 21.9 Å². The Labute approximate surface area is 148 Å². The first-order valence-electron chi connectivity index (χ1n) is 8.03. The van der Waals surface area contributed by atoms with Crippen LogP contribution in [-0.2, 0) is 16.6 Å². The molecule has 0 aliphatic carbocycles. The van der Waals surface area contributed by atoms with Crippen LogP contribution in [0.2, 0.25) is 0 Å². The molecule has 5 heteroatoms. The minimum atomic E-state index is -3.60. The van der Waals surface area contributed by atoms with Gasteiger partial charge in [0.15, 0.2) is 0 Å². The third kappa shape index (κ3) is 3.67. The van der Waals surface area contributed by atoms with E-state index >= 15 is 0 Å². The largest absolute Gasteiger partial charge is 0.496 e. The first-order chi connectivity index (χ1) is 11.9. The predicted octanol–water partition coefficient (Wildman–Crippen LogP) is 3.94. The lowest BCUT2D eigenvalue weighted by Crippen LogP contribution is -2.24. The molecule has 0 saturated carbocycles. The molecule has 0 heterocycles. The van der Waals surface area contributed by atoms with Crippen molar-refractivity contribution in [1.82, 2.24) is 4.72 Å². The van der Waals surface area contributed by atoms with Gasteiger partial charge in [-0.05, 0) is 59.5 Å². The number of fused-ring (bicyclic) bond motifs is 1. The Balaban J connectivity index is 1.85. The molecule has 4 nitrogen and oxygen atoms in total. The summed E-state index contributed by atoms with van der Waals surface area (Å²) in [6.45, 7) is 3.85. The van der Waals surface area contributed by atoms with Gasteiger partial charge < -0.3 is 4.74 Å².